The van der Waals surface area contributed by atoms with Crippen LogP contribution in [0.2, 0.25) is 0 Å². The Morgan fingerprint density at radius 1 is 0.412 bits per heavy atom. The van der Waals surface area contributed by atoms with E-state index in [0.29, 0.717) is 0 Å². The van der Waals surface area contributed by atoms with Gasteiger partial charge in [-0.25, -0.2) is 0 Å². The second kappa shape index (κ2) is 14.3. The van der Waals surface area contributed by atoms with E-state index in [0.717, 1.165) is 17.1 Å². The van der Waals surface area contributed by atoms with Gasteiger partial charge in [0.2, 0.25) is 0 Å². The summed E-state index contributed by atoms with van der Waals surface area (Å²) in [6.45, 7) is 18.5. The van der Waals surface area contributed by atoms with Crippen LogP contribution in [0.4, 0.5) is 17.1 Å². The Hall–Kier alpha value is -3.00. The van der Waals surface area contributed by atoms with Gasteiger partial charge in [0, 0.05) is 17.1 Å². The standard InChI is InChI=1S/3C9H13N.BH3O3/c3*1-6-4-7(2)9(10)8(3)5-6;2-1(3)4/h3*4-5H,10H2,1-3H3;2-4H. The maximum atomic E-state index is 7.17. The summed E-state index contributed by atoms with van der Waals surface area (Å²) in [7, 11) is -2.17. The van der Waals surface area contributed by atoms with Gasteiger partial charge in [-0.05, 0) is 95.7 Å². The minimum atomic E-state index is -2.17. The molecule has 0 aliphatic heterocycles. The summed E-state index contributed by atoms with van der Waals surface area (Å²) in [5, 5.41) is 21.5. The Kier molecular flexibility index (Phi) is 13.0. The predicted octanol–water partition coefficient (Wildman–Crippen LogP) is 4.53. The molecule has 6 nitrogen and oxygen atoms in total. The molecule has 0 atom stereocenters. The van der Waals surface area contributed by atoms with Crippen LogP contribution in [-0.4, -0.2) is 22.4 Å². The van der Waals surface area contributed by atoms with E-state index in [4.69, 9.17) is 32.3 Å². The van der Waals surface area contributed by atoms with E-state index in [2.05, 4.69) is 57.2 Å². The van der Waals surface area contributed by atoms with Gasteiger partial charge in [-0.3, -0.25) is 0 Å². The van der Waals surface area contributed by atoms with Crippen molar-refractivity contribution in [2.45, 2.75) is 62.3 Å². The summed E-state index contributed by atoms with van der Waals surface area (Å²) in [4.78, 5) is 0. The van der Waals surface area contributed by atoms with Crippen LogP contribution in [0.3, 0.4) is 0 Å². The van der Waals surface area contributed by atoms with Crippen LogP contribution in [0.25, 0.3) is 0 Å². The Morgan fingerprint density at radius 3 is 0.647 bits per heavy atom. The fourth-order valence-corrected chi connectivity index (χ4v) is 3.57. The van der Waals surface area contributed by atoms with E-state index in [1.165, 1.54) is 50.1 Å². The fraction of sp³-hybridized carbons (Fsp3) is 0.333. The summed E-state index contributed by atoms with van der Waals surface area (Å²) in [5.41, 5.74) is 30.9. The minimum absolute atomic E-state index is 0.922. The van der Waals surface area contributed by atoms with E-state index >= 15 is 0 Å². The molecule has 0 bridgehead atoms. The zero-order valence-electron chi connectivity index (χ0n) is 22.1. The smallest absolute Gasteiger partial charge is 0.402 e. The molecule has 0 saturated carbocycles. The van der Waals surface area contributed by atoms with Crippen LogP contribution >= 0.6 is 0 Å². The lowest BCUT2D eigenvalue weighted by molar-refractivity contribution is 0.278. The van der Waals surface area contributed by atoms with Crippen molar-refractivity contribution in [3.05, 3.63) is 86.5 Å². The number of hydrogen-bond acceptors (Lipinski definition) is 6. The lowest BCUT2D eigenvalue weighted by Gasteiger charge is -2.04. The van der Waals surface area contributed by atoms with Crippen molar-refractivity contribution in [3.8, 4) is 0 Å². The molecule has 0 unspecified atom stereocenters. The molecule has 0 fully saturated rings. The van der Waals surface area contributed by atoms with Crippen molar-refractivity contribution in [2.75, 3.05) is 17.2 Å². The van der Waals surface area contributed by atoms with Gasteiger partial charge in [0.05, 0.1) is 0 Å². The van der Waals surface area contributed by atoms with Crippen LogP contribution in [-0.2, 0) is 0 Å². The number of rotatable bonds is 0. The van der Waals surface area contributed by atoms with E-state index in [1.54, 1.807) is 0 Å². The van der Waals surface area contributed by atoms with Crippen LogP contribution in [0.1, 0.15) is 50.1 Å². The molecular weight excluding hydrogens is 425 g/mol. The predicted molar refractivity (Wildman–Crippen MR) is 148 cm³/mol. The quantitative estimate of drug-likeness (QED) is 0.212. The van der Waals surface area contributed by atoms with Crippen molar-refractivity contribution >= 4 is 24.4 Å². The Balaban J connectivity index is 0.000000445. The zero-order valence-corrected chi connectivity index (χ0v) is 22.1. The largest absolute Gasteiger partial charge is 0.631 e. The third kappa shape index (κ3) is 11.2. The minimum Gasteiger partial charge on any atom is -0.402 e. The summed E-state index contributed by atoms with van der Waals surface area (Å²) in [6, 6.07) is 12.6. The van der Waals surface area contributed by atoms with Crippen molar-refractivity contribution in [1.82, 2.24) is 0 Å². The topological polar surface area (TPSA) is 139 Å². The average Bonchev–Trinajstić information content (AvgIpc) is 2.68. The normalized spacial score (nSPS) is 9.53. The van der Waals surface area contributed by atoms with Gasteiger partial charge in [-0.15, -0.1) is 0 Å². The average molecular weight is 467 g/mol. The Labute approximate surface area is 205 Å². The van der Waals surface area contributed by atoms with Crippen LogP contribution in [0, 0.1) is 62.3 Å². The molecule has 3 aromatic rings. The third-order valence-corrected chi connectivity index (χ3v) is 5.21. The van der Waals surface area contributed by atoms with Crippen LogP contribution in [0.15, 0.2) is 36.4 Å². The molecule has 0 aliphatic carbocycles. The summed E-state index contributed by atoms with van der Waals surface area (Å²) in [6.07, 6.45) is 0. The SMILES string of the molecule is Cc1cc(C)c(N)c(C)c1.Cc1cc(C)c(N)c(C)c1.Cc1cc(C)c(N)c(C)c1.OB(O)O. The highest BCUT2D eigenvalue weighted by Crippen LogP contribution is 2.19. The molecule has 0 spiro atoms. The van der Waals surface area contributed by atoms with Crippen LogP contribution in [0.5, 0.6) is 0 Å². The fourth-order valence-electron chi connectivity index (χ4n) is 3.57. The van der Waals surface area contributed by atoms with Crippen molar-refractivity contribution < 1.29 is 15.1 Å². The van der Waals surface area contributed by atoms with Gasteiger partial charge in [-0.2, -0.15) is 0 Å². The first-order valence-electron chi connectivity index (χ1n) is 11.1. The van der Waals surface area contributed by atoms with E-state index in [1.807, 2.05) is 41.5 Å². The lowest BCUT2D eigenvalue weighted by Crippen LogP contribution is -2.07. The number of anilines is 3. The van der Waals surface area contributed by atoms with Gasteiger partial charge in [0.15, 0.2) is 0 Å². The number of nitrogens with two attached hydrogens (primary N) is 3. The van der Waals surface area contributed by atoms with E-state index in [9.17, 15) is 0 Å². The van der Waals surface area contributed by atoms with Gasteiger partial charge < -0.3 is 32.3 Å². The first-order chi connectivity index (χ1) is 15.6. The molecular formula is C27H42BN3O3. The maximum absolute atomic E-state index is 7.17. The van der Waals surface area contributed by atoms with E-state index < -0.39 is 7.32 Å². The van der Waals surface area contributed by atoms with Gasteiger partial charge >= 0.3 is 7.32 Å². The maximum Gasteiger partial charge on any atom is 0.631 e. The molecule has 9 N–H and O–H groups in total. The molecule has 0 amide bonds. The summed E-state index contributed by atoms with van der Waals surface area (Å²) in [5.74, 6) is 0. The first-order valence-corrected chi connectivity index (χ1v) is 11.1. The molecule has 3 rings (SSSR count). The van der Waals surface area contributed by atoms with Crippen LogP contribution < -0.4 is 17.2 Å². The third-order valence-electron chi connectivity index (χ3n) is 5.21. The second-order valence-corrected chi connectivity index (χ2v) is 8.78. The lowest BCUT2D eigenvalue weighted by atomic mass is 10.1. The number of nitrogen functional groups attached to an aromatic ring is 3. The highest BCUT2D eigenvalue weighted by atomic mass is 16.5. The van der Waals surface area contributed by atoms with Crippen molar-refractivity contribution in [2.24, 2.45) is 0 Å². The summed E-state index contributed by atoms with van der Waals surface area (Å²) >= 11 is 0. The Bertz CT molecular complexity index is 879. The summed E-state index contributed by atoms with van der Waals surface area (Å²) < 4.78 is 0. The number of hydrogen-bond donors (Lipinski definition) is 6. The molecule has 0 radical (unpaired) electrons. The highest BCUT2D eigenvalue weighted by Gasteiger charge is 1.98. The van der Waals surface area contributed by atoms with Gasteiger partial charge in [-0.1, -0.05) is 53.1 Å². The number of aryl methyl sites for hydroxylation is 9. The molecule has 7 heteroatoms. The highest BCUT2D eigenvalue weighted by molar-refractivity contribution is 6.30. The first kappa shape index (κ1) is 31.0. The molecule has 0 saturated heterocycles. The molecule has 0 aromatic heterocycles. The monoisotopic (exact) mass is 467 g/mol. The van der Waals surface area contributed by atoms with Crippen molar-refractivity contribution in [1.29, 1.82) is 0 Å². The van der Waals surface area contributed by atoms with Crippen molar-refractivity contribution in [3.63, 3.8) is 0 Å². The van der Waals surface area contributed by atoms with Gasteiger partial charge in [0.1, 0.15) is 0 Å². The van der Waals surface area contributed by atoms with Gasteiger partial charge in [0.25, 0.3) is 0 Å². The number of benzene rings is 3. The molecule has 0 aliphatic rings. The molecule has 186 valence electrons. The molecule has 34 heavy (non-hydrogen) atoms. The van der Waals surface area contributed by atoms with E-state index in [-0.39, 0.29) is 0 Å². The zero-order chi connectivity index (χ0) is 26.7. The Morgan fingerprint density at radius 2 is 0.529 bits per heavy atom. The molecule has 0 heterocycles. The second-order valence-electron chi connectivity index (χ2n) is 8.78. The molecule has 3 aromatic carbocycles.